The summed E-state index contributed by atoms with van der Waals surface area (Å²) in [5.74, 6) is 0.528. The summed E-state index contributed by atoms with van der Waals surface area (Å²) in [4.78, 5) is 16.1. The van der Waals surface area contributed by atoms with Gasteiger partial charge in [0.15, 0.2) is 5.82 Å². The molecule has 0 radical (unpaired) electrons. The molecule has 0 amide bonds. The Morgan fingerprint density at radius 2 is 1.89 bits per heavy atom. The lowest BCUT2D eigenvalue weighted by Gasteiger charge is -2.32. The molecule has 1 aromatic heterocycles. The van der Waals surface area contributed by atoms with Crippen LogP contribution in [0.15, 0.2) is 0 Å². The van der Waals surface area contributed by atoms with E-state index in [4.69, 9.17) is 10.5 Å². The van der Waals surface area contributed by atoms with Crippen LogP contribution in [-0.2, 0) is 11.8 Å². The SMILES string of the molecule is COC(=O)c1c(N2CCN(C)CC2)nn(C)c1N. The first-order chi connectivity index (χ1) is 8.54. The summed E-state index contributed by atoms with van der Waals surface area (Å²) in [7, 11) is 5.15. The number of esters is 1. The predicted octanol–water partition coefficient (Wildman–Crippen LogP) is -0.459. The molecule has 0 bridgehead atoms. The number of aromatic nitrogens is 2. The fourth-order valence-corrected chi connectivity index (χ4v) is 2.06. The van der Waals surface area contributed by atoms with Crippen LogP contribution in [-0.4, -0.2) is 61.0 Å². The number of rotatable bonds is 2. The fraction of sp³-hybridized carbons (Fsp3) is 0.636. The molecule has 2 N–H and O–H groups in total. The fourth-order valence-electron chi connectivity index (χ4n) is 2.06. The molecular weight excluding hydrogens is 234 g/mol. The average Bonchev–Trinajstić information content (AvgIpc) is 2.66. The van der Waals surface area contributed by atoms with E-state index in [-0.39, 0.29) is 0 Å². The zero-order chi connectivity index (χ0) is 13.3. The van der Waals surface area contributed by atoms with E-state index < -0.39 is 5.97 Å². The molecule has 1 fully saturated rings. The molecule has 0 unspecified atom stereocenters. The number of aryl methyl sites for hydroxylation is 1. The van der Waals surface area contributed by atoms with Gasteiger partial charge >= 0.3 is 5.97 Å². The van der Waals surface area contributed by atoms with Gasteiger partial charge in [-0.1, -0.05) is 0 Å². The summed E-state index contributed by atoms with van der Waals surface area (Å²) >= 11 is 0. The molecule has 0 spiro atoms. The van der Waals surface area contributed by atoms with Crippen LogP contribution < -0.4 is 10.6 Å². The molecule has 2 rings (SSSR count). The van der Waals surface area contributed by atoms with Crippen molar-refractivity contribution in [3.8, 4) is 0 Å². The number of likely N-dealkylation sites (N-methyl/N-ethyl adjacent to an activating group) is 1. The van der Waals surface area contributed by atoms with Crippen molar-refractivity contribution >= 4 is 17.6 Å². The van der Waals surface area contributed by atoms with Gasteiger partial charge in [0.05, 0.1) is 7.11 Å². The van der Waals surface area contributed by atoms with Crippen LogP contribution in [0.5, 0.6) is 0 Å². The van der Waals surface area contributed by atoms with Crippen molar-refractivity contribution in [3.63, 3.8) is 0 Å². The molecule has 0 aliphatic carbocycles. The van der Waals surface area contributed by atoms with Crippen molar-refractivity contribution in [2.75, 3.05) is 51.0 Å². The van der Waals surface area contributed by atoms with Gasteiger partial charge in [-0.2, -0.15) is 5.10 Å². The summed E-state index contributed by atoms with van der Waals surface area (Å²) in [5.41, 5.74) is 6.24. The highest BCUT2D eigenvalue weighted by atomic mass is 16.5. The topological polar surface area (TPSA) is 76.6 Å². The number of piperazine rings is 1. The van der Waals surface area contributed by atoms with Crippen molar-refractivity contribution < 1.29 is 9.53 Å². The Morgan fingerprint density at radius 3 is 2.44 bits per heavy atom. The van der Waals surface area contributed by atoms with Crippen molar-refractivity contribution in [1.29, 1.82) is 0 Å². The van der Waals surface area contributed by atoms with E-state index in [1.54, 1.807) is 7.05 Å². The number of carbonyl (C=O) groups excluding carboxylic acids is 1. The van der Waals surface area contributed by atoms with E-state index in [2.05, 4.69) is 21.9 Å². The Balaban J connectivity index is 2.32. The predicted molar refractivity (Wildman–Crippen MR) is 68.7 cm³/mol. The Bertz CT molecular complexity index is 449. The minimum Gasteiger partial charge on any atom is -0.465 e. The van der Waals surface area contributed by atoms with E-state index in [1.807, 2.05) is 0 Å². The van der Waals surface area contributed by atoms with Gasteiger partial charge in [0, 0.05) is 33.2 Å². The van der Waals surface area contributed by atoms with Crippen molar-refractivity contribution in [3.05, 3.63) is 5.56 Å². The summed E-state index contributed by atoms with van der Waals surface area (Å²) in [5, 5.41) is 4.33. The zero-order valence-electron chi connectivity index (χ0n) is 11.0. The molecule has 18 heavy (non-hydrogen) atoms. The number of methoxy groups -OCH3 is 1. The Hall–Kier alpha value is -1.76. The molecule has 0 aromatic carbocycles. The zero-order valence-corrected chi connectivity index (χ0v) is 11.0. The van der Waals surface area contributed by atoms with Gasteiger partial charge in [-0.15, -0.1) is 0 Å². The van der Waals surface area contributed by atoms with Gasteiger partial charge in [0.2, 0.25) is 0 Å². The lowest BCUT2D eigenvalue weighted by molar-refractivity contribution is 0.0602. The third-order valence-corrected chi connectivity index (χ3v) is 3.27. The number of hydrogen-bond donors (Lipinski definition) is 1. The van der Waals surface area contributed by atoms with Crippen LogP contribution in [0.25, 0.3) is 0 Å². The van der Waals surface area contributed by atoms with E-state index >= 15 is 0 Å². The van der Waals surface area contributed by atoms with Crippen molar-refractivity contribution in [1.82, 2.24) is 14.7 Å². The number of nitrogens with zero attached hydrogens (tertiary/aromatic N) is 4. The molecule has 7 heteroatoms. The molecule has 2 heterocycles. The van der Waals surface area contributed by atoms with E-state index in [0.717, 1.165) is 26.2 Å². The minimum absolute atomic E-state index is 0.343. The molecule has 0 atom stereocenters. The second-order valence-electron chi connectivity index (χ2n) is 4.49. The van der Waals surface area contributed by atoms with Crippen molar-refractivity contribution in [2.45, 2.75) is 0 Å². The number of ether oxygens (including phenoxy) is 1. The van der Waals surface area contributed by atoms with Gasteiger partial charge < -0.3 is 20.3 Å². The maximum atomic E-state index is 11.8. The third kappa shape index (κ3) is 2.13. The largest absolute Gasteiger partial charge is 0.465 e. The smallest absolute Gasteiger partial charge is 0.345 e. The molecule has 1 aromatic rings. The molecule has 1 aliphatic heterocycles. The van der Waals surface area contributed by atoms with Crippen LogP contribution in [0.1, 0.15) is 10.4 Å². The first-order valence-corrected chi connectivity index (χ1v) is 5.89. The third-order valence-electron chi connectivity index (χ3n) is 3.27. The molecule has 7 nitrogen and oxygen atoms in total. The van der Waals surface area contributed by atoms with Crippen LogP contribution in [0.3, 0.4) is 0 Å². The van der Waals surface area contributed by atoms with E-state index in [1.165, 1.54) is 11.8 Å². The molecule has 100 valence electrons. The quantitative estimate of drug-likeness (QED) is 0.719. The van der Waals surface area contributed by atoms with Gasteiger partial charge in [0.1, 0.15) is 11.4 Å². The van der Waals surface area contributed by atoms with Gasteiger partial charge in [0.25, 0.3) is 0 Å². The number of nitrogens with two attached hydrogens (primary N) is 1. The Kier molecular flexibility index (Phi) is 3.42. The van der Waals surface area contributed by atoms with Gasteiger partial charge in [-0.3, -0.25) is 4.68 Å². The molecule has 1 aliphatic rings. The average molecular weight is 253 g/mol. The first-order valence-electron chi connectivity index (χ1n) is 5.89. The summed E-state index contributed by atoms with van der Waals surface area (Å²) in [6.45, 7) is 3.54. The van der Waals surface area contributed by atoms with Crippen LogP contribution in [0.4, 0.5) is 11.6 Å². The van der Waals surface area contributed by atoms with Crippen LogP contribution >= 0.6 is 0 Å². The maximum absolute atomic E-state index is 11.8. The molecular formula is C11H19N5O2. The lowest BCUT2D eigenvalue weighted by Crippen LogP contribution is -2.45. The van der Waals surface area contributed by atoms with Crippen LogP contribution in [0, 0.1) is 0 Å². The maximum Gasteiger partial charge on any atom is 0.345 e. The Labute approximate surface area is 106 Å². The van der Waals surface area contributed by atoms with E-state index in [9.17, 15) is 4.79 Å². The highest BCUT2D eigenvalue weighted by Gasteiger charge is 2.27. The monoisotopic (exact) mass is 253 g/mol. The highest BCUT2D eigenvalue weighted by molar-refractivity contribution is 5.99. The highest BCUT2D eigenvalue weighted by Crippen LogP contribution is 2.26. The van der Waals surface area contributed by atoms with E-state index in [0.29, 0.717) is 17.2 Å². The molecule has 1 saturated heterocycles. The second-order valence-corrected chi connectivity index (χ2v) is 4.49. The molecule has 0 saturated carbocycles. The van der Waals surface area contributed by atoms with Crippen LogP contribution in [0.2, 0.25) is 0 Å². The van der Waals surface area contributed by atoms with Gasteiger partial charge in [-0.25, -0.2) is 4.79 Å². The first kappa shape index (κ1) is 12.7. The number of anilines is 2. The number of hydrogen-bond acceptors (Lipinski definition) is 6. The number of nitrogen functional groups attached to an aromatic ring is 1. The summed E-state index contributed by atoms with van der Waals surface area (Å²) < 4.78 is 6.29. The Morgan fingerprint density at radius 1 is 1.28 bits per heavy atom. The summed E-state index contributed by atoms with van der Waals surface area (Å²) in [6.07, 6.45) is 0. The normalized spacial score (nSPS) is 16.9. The van der Waals surface area contributed by atoms with Gasteiger partial charge in [-0.05, 0) is 7.05 Å². The minimum atomic E-state index is -0.436. The summed E-state index contributed by atoms with van der Waals surface area (Å²) in [6, 6.07) is 0. The lowest BCUT2D eigenvalue weighted by atomic mass is 10.2. The standard InChI is InChI=1S/C11H19N5O2/c1-14-4-6-16(7-5-14)10-8(11(17)18-3)9(12)15(2)13-10/h4-7,12H2,1-3H3. The number of carbonyl (C=O) groups is 1. The second kappa shape index (κ2) is 4.85. The van der Waals surface area contributed by atoms with Crippen molar-refractivity contribution in [2.24, 2.45) is 7.05 Å².